The van der Waals surface area contributed by atoms with Gasteiger partial charge in [-0.3, -0.25) is 4.79 Å². The first-order valence-corrected chi connectivity index (χ1v) is 12.2. The molecule has 1 atom stereocenters. The molecule has 1 unspecified atom stereocenters. The van der Waals surface area contributed by atoms with E-state index in [9.17, 15) is 20.4 Å². The number of phenols is 1. The molecular weight excluding hydrogens is 482 g/mol. The van der Waals surface area contributed by atoms with Crippen LogP contribution in [0.2, 0.25) is 0 Å². The number of benzene rings is 3. The highest BCUT2D eigenvalue weighted by Gasteiger charge is 2.22. The second-order valence-corrected chi connectivity index (χ2v) is 9.18. The van der Waals surface area contributed by atoms with Gasteiger partial charge in [-0.1, -0.05) is 84.6 Å². The maximum atomic E-state index is 9.87. The third-order valence-electron chi connectivity index (χ3n) is 5.36. The molecular formula is C29H25N5O2S. The Kier molecular flexibility index (Phi) is 9.66. The maximum absolute atomic E-state index is 9.87. The quantitative estimate of drug-likeness (QED) is 0.220. The van der Waals surface area contributed by atoms with Crippen molar-refractivity contribution in [2.24, 2.45) is 0 Å². The fraction of sp³-hybridized carbons (Fsp3) is 0.103. The molecule has 3 aromatic carbocycles. The molecule has 0 aliphatic carbocycles. The number of pyridine rings is 1. The van der Waals surface area contributed by atoms with Crippen molar-refractivity contribution in [3.63, 3.8) is 0 Å². The number of anilines is 1. The minimum Gasteiger partial charge on any atom is -0.508 e. The topological polar surface area (TPSA) is 136 Å². The van der Waals surface area contributed by atoms with Gasteiger partial charge < -0.3 is 16.2 Å². The first-order valence-electron chi connectivity index (χ1n) is 11.3. The molecule has 1 aromatic heterocycles. The van der Waals surface area contributed by atoms with Gasteiger partial charge in [0.05, 0.1) is 5.56 Å². The molecule has 1 amide bonds. The minimum absolute atomic E-state index is 0.0470. The normalized spacial score (nSPS) is 10.7. The van der Waals surface area contributed by atoms with Crippen LogP contribution in [-0.4, -0.2) is 16.5 Å². The van der Waals surface area contributed by atoms with Gasteiger partial charge in [-0.15, -0.1) is 0 Å². The molecule has 1 heterocycles. The Morgan fingerprint density at radius 1 is 0.973 bits per heavy atom. The summed E-state index contributed by atoms with van der Waals surface area (Å²) in [4.78, 5) is 14.2. The molecule has 37 heavy (non-hydrogen) atoms. The van der Waals surface area contributed by atoms with E-state index < -0.39 is 0 Å². The lowest BCUT2D eigenvalue weighted by Crippen LogP contribution is -2.09. The Morgan fingerprint density at radius 2 is 1.57 bits per heavy atom. The zero-order valence-corrected chi connectivity index (χ0v) is 20.9. The molecule has 0 radical (unpaired) electrons. The van der Waals surface area contributed by atoms with Crippen LogP contribution in [0.3, 0.4) is 0 Å². The second-order valence-electron chi connectivity index (χ2n) is 7.85. The molecule has 0 fully saturated rings. The van der Waals surface area contributed by atoms with E-state index in [2.05, 4.69) is 22.4 Å². The Balaban J connectivity index is 0.000000319. The van der Waals surface area contributed by atoms with E-state index >= 15 is 0 Å². The maximum Gasteiger partial charge on any atom is 0.207 e. The smallest absolute Gasteiger partial charge is 0.207 e. The van der Waals surface area contributed by atoms with Gasteiger partial charge in [0.25, 0.3) is 0 Å². The zero-order valence-electron chi connectivity index (χ0n) is 20.1. The van der Waals surface area contributed by atoms with Crippen LogP contribution < -0.4 is 11.1 Å². The third-order valence-corrected chi connectivity index (χ3v) is 6.51. The Hall–Kier alpha value is -4.79. The van der Waals surface area contributed by atoms with Crippen LogP contribution in [0.15, 0.2) is 90.0 Å². The summed E-state index contributed by atoms with van der Waals surface area (Å²) in [5.74, 6) is 0.187. The van der Waals surface area contributed by atoms with Crippen LogP contribution in [0.4, 0.5) is 5.82 Å². The molecule has 0 aliphatic heterocycles. The summed E-state index contributed by atoms with van der Waals surface area (Å²) in [6.07, 6.45) is 0.701. The van der Waals surface area contributed by atoms with Gasteiger partial charge >= 0.3 is 0 Å². The van der Waals surface area contributed by atoms with Crippen molar-refractivity contribution < 1.29 is 9.90 Å². The summed E-state index contributed by atoms with van der Waals surface area (Å²) in [7, 11) is 0. The van der Waals surface area contributed by atoms with Gasteiger partial charge in [0.1, 0.15) is 34.3 Å². The third kappa shape index (κ3) is 7.11. The van der Waals surface area contributed by atoms with Crippen molar-refractivity contribution in [3.05, 3.63) is 107 Å². The molecule has 0 saturated heterocycles. The highest BCUT2D eigenvalue weighted by atomic mass is 32.2. The number of aromatic nitrogens is 1. The fourth-order valence-corrected chi connectivity index (χ4v) is 4.56. The summed E-state index contributed by atoms with van der Waals surface area (Å²) in [6, 6.07) is 30.2. The van der Waals surface area contributed by atoms with Gasteiger partial charge in [-0.25, -0.2) is 4.98 Å². The highest BCUT2D eigenvalue weighted by Crippen LogP contribution is 2.41. The van der Waals surface area contributed by atoms with Crippen LogP contribution in [0.1, 0.15) is 34.4 Å². The molecule has 4 rings (SSSR count). The van der Waals surface area contributed by atoms with Crippen LogP contribution >= 0.6 is 11.8 Å². The van der Waals surface area contributed by atoms with Crippen molar-refractivity contribution >= 4 is 24.0 Å². The van der Waals surface area contributed by atoms with Crippen LogP contribution in [0.5, 0.6) is 5.75 Å². The number of thioether (sulfide) groups is 1. The minimum atomic E-state index is 0.0470. The summed E-state index contributed by atoms with van der Waals surface area (Å²) in [5, 5.41) is 32.0. The summed E-state index contributed by atoms with van der Waals surface area (Å²) in [5.41, 5.74) is 9.79. The van der Waals surface area contributed by atoms with Crippen molar-refractivity contribution in [1.82, 2.24) is 10.3 Å². The van der Waals surface area contributed by atoms with Gasteiger partial charge in [0.15, 0.2) is 0 Å². The molecule has 0 bridgehead atoms. The van der Waals surface area contributed by atoms with E-state index in [0.29, 0.717) is 34.7 Å². The van der Waals surface area contributed by atoms with Crippen molar-refractivity contribution in [2.75, 3.05) is 5.73 Å². The van der Waals surface area contributed by atoms with Crippen LogP contribution in [0, 0.1) is 22.7 Å². The average molecular weight is 508 g/mol. The average Bonchev–Trinajstić information content (AvgIpc) is 2.93. The highest BCUT2D eigenvalue weighted by molar-refractivity contribution is 7.99. The van der Waals surface area contributed by atoms with Gasteiger partial charge in [0.2, 0.25) is 6.41 Å². The van der Waals surface area contributed by atoms with E-state index in [1.54, 1.807) is 12.1 Å². The van der Waals surface area contributed by atoms with Crippen LogP contribution in [0.25, 0.3) is 11.1 Å². The molecule has 7 nitrogen and oxygen atoms in total. The Morgan fingerprint density at radius 3 is 2.14 bits per heavy atom. The lowest BCUT2D eigenvalue weighted by atomic mass is 9.97. The fourth-order valence-electron chi connectivity index (χ4n) is 3.52. The van der Waals surface area contributed by atoms with E-state index in [1.807, 2.05) is 67.6 Å². The number of nitrogen functional groups attached to an aromatic ring is 1. The van der Waals surface area contributed by atoms with Gasteiger partial charge in [-0.05, 0) is 35.7 Å². The predicted octanol–water partition coefficient (Wildman–Crippen LogP) is 5.57. The summed E-state index contributed by atoms with van der Waals surface area (Å²) >= 11 is 1.42. The van der Waals surface area contributed by atoms with Gasteiger partial charge in [0, 0.05) is 17.4 Å². The number of aromatic hydroxyl groups is 1. The number of rotatable bonds is 7. The number of carbonyl (C=O) groups is 1. The molecule has 0 spiro atoms. The number of amides is 1. The Labute approximate surface area is 220 Å². The SMILES string of the molecule is CC(Sc1nc(N)c(C#N)c(-c2ccc(O)cc2)c1C#N)c1ccccc1.O=CNCc1ccccc1. The molecule has 0 saturated carbocycles. The molecule has 184 valence electrons. The first-order chi connectivity index (χ1) is 18.0. The lowest BCUT2D eigenvalue weighted by molar-refractivity contribution is -0.109. The number of nitriles is 2. The number of carbonyl (C=O) groups excluding carboxylic acids is 1. The number of hydrogen-bond acceptors (Lipinski definition) is 7. The zero-order chi connectivity index (χ0) is 26.6. The van der Waals surface area contributed by atoms with E-state index in [1.165, 1.54) is 23.9 Å². The number of nitrogens with one attached hydrogen (secondary N) is 1. The van der Waals surface area contributed by atoms with Crippen molar-refractivity contribution in [2.45, 2.75) is 23.7 Å². The molecule has 8 heteroatoms. The lowest BCUT2D eigenvalue weighted by Gasteiger charge is -2.16. The first kappa shape index (κ1) is 26.8. The second kappa shape index (κ2) is 13.3. The molecule has 4 aromatic rings. The standard InChI is InChI=1S/C21H16N4OS.C8H9NO/c1-13(14-5-3-2-4-6-14)27-21-18(12-23)19(17(11-22)20(24)25-21)15-7-9-16(26)10-8-15;10-7-9-6-8-4-2-1-3-5-8/h2-10,13,26H,1H3,(H2,24,25);1-5,7H,6H2,(H,9,10). The monoisotopic (exact) mass is 507 g/mol. The number of nitrogens with two attached hydrogens (primary N) is 1. The Bertz CT molecular complexity index is 1410. The van der Waals surface area contributed by atoms with Crippen molar-refractivity contribution in [1.29, 1.82) is 10.5 Å². The number of nitrogens with zero attached hydrogens (tertiary/aromatic N) is 3. The molecule has 0 aliphatic rings. The van der Waals surface area contributed by atoms with Crippen LogP contribution in [-0.2, 0) is 11.3 Å². The van der Waals surface area contributed by atoms with E-state index in [0.717, 1.165) is 11.1 Å². The largest absolute Gasteiger partial charge is 0.508 e. The summed E-state index contributed by atoms with van der Waals surface area (Å²) in [6.45, 7) is 2.64. The predicted molar refractivity (Wildman–Crippen MR) is 145 cm³/mol. The van der Waals surface area contributed by atoms with Gasteiger partial charge in [-0.2, -0.15) is 10.5 Å². The molecule has 4 N–H and O–H groups in total. The number of hydrogen-bond donors (Lipinski definition) is 3. The number of phenolic OH excluding ortho intramolecular Hbond substituents is 1. The van der Waals surface area contributed by atoms with Crippen molar-refractivity contribution in [3.8, 4) is 29.0 Å². The van der Waals surface area contributed by atoms with E-state index in [4.69, 9.17) is 5.73 Å². The summed E-state index contributed by atoms with van der Waals surface area (Å²) < 4.78 is 0. The van der Waals surface area contributed by atoms with E-state index in [-0.39, 0.29) is 22.4 Å².